The predicted molar refractivity (Wildman–Crippen MR) is 110 cm³/mol. The number of hydrogen-bond donors (Lipinski definition) is 1. The molecule has 0 aliphatic heterocycles. The van der Waals surface area contributed by atoms with Crippen LogP contribution in [0.5, 0.6) is 11.5 Å². The lowest BCUT2D eigenvalue weighted by atomic mass is 10.1. The second-order valence-electron chi connectivity index (χ2n) is 6.48. The molecule has 3 aromatic rings. The normalized spacial score (nSPS) is 11.6. The van der Waals surface area contributed by atoms with Crippen molar-refractivity contribution in [1.82, 2.24) is 15.1 Å². The van der Waals surface area contributed by atoms with Crippen molar-refractivity contribution >= 4 is 5.91 Å². The van der Waals surface area contributed by atoms with Crippen LogP contribution >= 0.6 is 0 Å². The van der Waals surface area contributed by atoms with E-state index < -0.39 is 6.04 Å². The highest BCUT2D eigenvalue weighted by molar-refractivity contribution is 5.79. The Balaban J connectivity index is 1.75. The molecular formula is C22H23N3O4. The number of carbonyl (C=O) groups excluding carboxylic acids is 1. The molecule has 0 aliphatic rings. The summed E-state index contributed by atoms with van der Waals surface area (Å²) >= 11 is 0. The fourth-order valence-corrected chi connectivity index (χ4v) is 2.85. The zero-order valence-electron chi connectivity index (χ0n) is 16.6. The van der Waals surface area contributed by atoms with Gasteiger partial charge in [-0.15, -0.1) is 0 Å². The molecule has 0 bridgehead atoms. The van der Waals surface area contributed by atoms with Crippen LogP contribution in [0.1, 0.15) is 18.5 Å². The van der Waals surface area contributed by atoms with E-state index in [2.05, 4.69) is 10.4 Å². The third-order valence-corrected chi connectivity index (χ3v) is 4.56. The van der Waals surface area contributed by atoms with Crippen molar-refractivity contribution in [1.29, 1.82) is 0 Å². The van der Waals surface area contributed by atoms with Crippen molar-refractivity contribution in [3.63, 3.8) is 0 Å². The fraction of sp³-hybridized carbons (Fsp3) is 0.227. The molecule has 150 valence electrons. The summed E-state index contributed by atoms with van der Waals surface area (Å²) < 4.78 is 11.5. The second kappa shape index (κ2) is 9.05. The Morgan fingerprint density at radius 2 is 1.76 bits per heavy atom. The first kappa shape index (κ1) is 20.1. The van der Waals surface area contributed by atoms with E-state index >= 15 is 0 Å². The Morgan fingerprint density at radius 1 is 1.03 bits per heavy atom. The van der Waals surface area contributed by atoms with Gasteiger partial charge in [-0.25, -0.2) is 4.68 Å². The highest BCUT2D eigenvalue weighted by Crippen LogP contribution is 2.20. The molecule has 0 saturated heterocycles. The van der Waals surface area contributed by atoms with Crippen LogP contribution in [0.25, 0.3) is 11.3 Å². The molecule has 0 saturated carbocycles. The van der Waals surface area contributed by atoms with Gasteiger partial charge in [0.1, 0.15) is 17.5 Å². The van der Waals surface area contributed by atoms with Crippen molar-refractivity contribution in [2.24, 2.45) is 0 Å². The first-order valence-electron chi connectivity index (χ1n) is 9.16. The topological polar surface area (TPSA) is 82.5 Å². The van der Waals surface area contributed by atoms with Crippen molar-refractivity contribution in [3.05, 3.63) is 76.6 Å². The van der Waals surface area contributed by atoms with Crippen molar-refractivity contribution < 1.29 is 14.3 Å². The number of hydrogen-bond acceptors (Lipinski definition) is 5. The standard InChI is InChI=1S/C22H23N3O4/c1-15(22(27)23-14-16-5-4-6-19(13-16)29-3)25-21(26)12-11-20(24-25)17-7-9-18(28-2)10-8-17/h4-13,15H,14H2,1-3H3,(H,23,27). The van der Waals surface area contributed by atoms with Crippen molar-refractivity contribution in [2.45, 2.75) is 19.5 Å². The summed E-state index contributed by atoms with van der Waals surface area (Å²) in [5.74, 6) is 1.15. The average Bonchev–Trinajstić information content (AvgIpc) is 2.77. The van der Waals surface area contributed by atoms with E-state index in [9.17, 15) is 9.59 Å². The number of methoxy groups -OCH3 is 2. The smallest absolute Gasteiger partial charge is 0.267 e. The first-order chi connectivity index (χ1) is 14.0. The molecule has 1 amide bonds. The maximum atomic E-state index is 12.6. The molecule has 2 aromatic carbocycles. The van der Waals surface area contributed by atoms with Crippen LogP contribution in [0, 0.1) is 0 Å². The molecule has 7 nitrogen and oxygen atoms in total. The van der Waals surface area contributed by atoms with Gasteiger partial charge in [0.15, 0.2) is 0 Å². The molecule has 0 radical (unpaired) electrons. The van der Waals surface area contributed by atoms with Crippen LogP contribution in [-0.2, 0) is 11.3 Å². The molecular weight excluding hydrogens is 370 g/mol. The molecule has 0 fully saturated rings. The van der Waals surface area contributed by atoms with Crippen LogP contribution in [0.15, 0.2) is 65.5 Å². The quantitative estimate of drug-likeness (QED) is 0.667. The largest absolute Gasteiger partial charge is 0.497 e. The summed E-state index contributed by atoms with van der Waals surface area (Å²) in [6.07, 6.45) is 0. The third kappa shape index (κ3) is 4.82. The number of aromatic nitrogens is 2. The lowest BCUT2D eigenvalue weighted by Crippen LogP contribution is -2.36. The van der Waals surface area contributed by atoms with E-state index in [0.29, 0.717) is 12.2 Å². The van der Waals surface area contributed by atoms with Gasteiger partial charge >= 0.3 is 0 Å². The van der Waals surface area contributed by atoms with Gasteiger partial charge in [-0.05, 0) is 55.0 Å². The lowest BCUT2D eigenvalue weighted by molar-refractivity contribution is -0.124. The summed E-state index contributed by atoms with van der Waals surface area (Å²) in [6, 6.07) is 17.1. The van der Waals surface area contributed by atoms with Gasteiger partial charge in [-0.2, -0.15) is 5.10 Å². The Labute approximate surface area is 168 Å². The molecule has 1 N–H and O–H groups in total. The van der Waals surface area contributed by atoms with Gasteiger partial charge in [0.25, 0.3) is 5.56 Å². The molecule has 0 spiro atoms. The average molecular weight is 393 g/mol. The van der Waals surface area contributed by atoms with Crippen LogP contribution in [0.3, 0.4) is 0 Å². The minimum absolute atomic E-state index is 0.297. The highest BCUT2D eigenvalue weighted by atomic mass is 16.5. The maximum Gasteiger partial charge on any atom is 0.267 e. The summed E-state index contributed by atoms with van der Waals surface area (Å²) in [6.45, 7) is 1.97. The number of ether oxygens (including phenoxy) is 2. The summed E-state index contributed by atoms with van der Waals surface area (Å²) in [5, 5.41) is 7.22. The number of nitrogens with zero attached hydrogens (tertiary/aromatic N) is 2. The van der Waals surface area contributed by atoms with Crippen molar-refractivity contribution in [3.8, 4) is 22.8 Å². The number of benzene rings is 2. The third-order valence-electron chi connectivity index (χ3n) is 4.56. The van der Waals surface area contributed by atoms with Crippen LogP contribution in [0.4, 0.5) is 0 Å². The molecule has 1 heterocycles. The zero-order chi connectivity index (χ0) is 20.8. The first-order valence-corrected chi connectivity index (χ1v) is 9.16. The SMILES string of the molecule is COc1ccc(-c2ccc(=O)n(C(C)C(=O)NCc3cccc(OC)c3)n2)cc1. The highest BCUT2D eigenvalue weighted by Gasteiger charge is 2.18. The fourth-order valence-electron chi connectivity index (χ4n) is 2.85. The van der Waals surface area contributed by atoms with Gasteiger partial charge in [0.05, 0.1) is 19.9 Å². The molecule has 29 heavy (non-hydrogen) atoms. The maximum absolute atomic E-state index is 12.6. The minimum Gasteiger partial charge on any atom is -0.497 e. The van der Waals surface area contributed by atoms with Gasteiger partial charge in [-0.3, -0.25) is 9.59 Å². The van der Waals surface area contributed by atoms with Gasteiger partial charge in [0, 0.05) is 18.2 Å². The van der Waals surface area contributed by atoms with E-state index in [1.807, 2.05) is 48.5 Å². The molecule has 1 atom stereocenters. The second-order valence-corrected chi connectivity index (χ2v) is 6.48. The zero-order valence-corrected chi connectivity index (χ0v) is 16.6. The lowest BCUT2D eigenvalue weighted by Gasteiger charge is -2.15. The van der Waals surface area contributed by atoms with E-state index in [1.54, 1.807) is 27.2 Å². The van der Waals surface area contributed by atoms with Gasteiger partial charge < -0.3 is 14.8 Å². The van der Waals surface area contributed by atoms with Gasteiger partial charge in [0.2, 0.25) is 5.91 Å². The number of amides is 1. The number of nitrogens with one attached hydrogen (secondary N) is 1. The minimum atomic E-state index is -0.758. The van der Waals surface area contributed by atoms with E-state index in [4.69, 9.17) is 9.47 Å². The Kier molecular flexibility index (Phi) is 6.29. The Hall–Kier alpha value is -3.61. The van der Waals surface area contributed by atoms with E-state index in [0.717, 1.165) is 22.6 Å². The van der Waals surface area contributed by atoms with Crippen LogP contribution in [-0.4, -0.2) is 29.9 Å². The molecule has 1 unspecified atom stereocenters. The van der Waals surface area contributed by atoms with Crippen LogP contribution < -0.4 is 20.3 Å². The van der Waals surface area contributed by atoms with Crippen molar-refractivity contribution in [2.75, 3.05) is 14.2 Å². The molecule has 7 heteroatoms. The molecule has 1 aromatic heterocycles. The Bertz CT molecular complexity index is 1040. The van der Waals surface area contributed by atoms with E-state index in [-0.39, 0.29) is 11.5 Å². The Morgan fingerprint density at radius 3 is 2.45 bits per heavy atom. The summed E-state index contributed by atoms with van der Waals surface area (Å²) in [5.41, 5.74) is 1.98. The van der Waals surface area contributed by atoms with E-state index in [1.165, 1.54) is 10.7 Å². The molecule has 0 aliphatic carbocycles. The summed E-state index contributed by atoms with van der Waals surface area (Å²) in [7, 11) is 3.19. The summed E-state index contributed by atoms with van der Waals surface area (Å²) in [4.78, 5) is 24.9. The monoisotopic (exact) mass is 393 g/mol. The predicted octanol–water partition coefficient (Wildman–Crippen LogP) is 2.80. The van der Waals surface area contributed by atoms with Crippen LogP contribution in [0.2, 0.25) is 0 Å². The number of rotatable bonds is 7. The molecule has 3 rings (SSSR count). The number of carbonyl (C=O) groups is 1. The van der Waals surface area contributed by atoms with Gasteiger partial charge in [-0.1, -0.05) is 12.1 Å².